The van der Waals surface area contributed by atoms with E-state index >= 15 is 0 Å². The monoisotopic (exact) mass is 567 g/mol. The number of hydrogen-bond donors (Lipinski definition) is 2. The number of aliphatic imine (C=N–C) groups is 1. The maximum absolute atomic E-state index is 8.86. The van der Waals surface area contributed by atoms with Crippen molar-refractivity contribution in [3.63, 3.8) is 0 Å². The van der Waals surface area contributed by atoms with Gasteiger partial charge in [0.15, 0.2) is 11.7 Å². The number of fused-ring (bicyclic) bond motifs is 3. The molecule has 3 fully saturated rings. The lowest BCUT2D eigenvalue weighted by atomic mass is 9.89. The van der Waals surface area contributed by atoms with Crippen molar-refractivity contribution in [2.24, 2.45) is 4.99 Å². The Balaban J connectivity index is 1.03. The lowest BCUT2D eigenvalue weighted by Gasteiger charge is -2.53. The minimum absolute atomic E-state index is 0.295. The maximum atomic E-state index is 8.86. The predicted octanol–water partition coefficient (Wildman–Crippen LogP) is 7.04. The van der Waals surface area contributed by atoms with Gasteiger partial charge < -0.3 is 29.5 Å². The number of rotatable bonds is 14. The molecule has 0 amide bonds. The number of ether oxygens (including phenoxy) is 3. The van der Waals surface area contributed by atoms with Crippen molar-refractivity contribution in [3.8, 4) is 0 Å². The zero-order chi connectivity index (χ0) is 28.0. The molecule has 6 rings (SSSR count). The predicted molar refractivity (Wildman–Crippen MR) is 162 cm³/mol. The molecule has 228 valence electrons. The molecule has 0 aromatic heterocycles. The summed E-state index contributed by atoms with van der Waals surface area (Å²) in [5.41, 5.74) is 3.46. The van der Waals surface area contributed by atoms with Crippen LogP contribution < -0.4 is 5.32 Å². The van der Waals surface area contributed by atoms with Gasteiger partial charge in [0, 0.05) is 39.3 Å². The van der Waals surface area contributed by atoms with Crippen molar-refractivity contribution >= 4 is 5.96 Å². The van der Waals surface area contributed by atoms with Crippen LogP contribution in [0.4, 0.5) is 0 Å². The summed E-state index contributed by atoms with van der Waals surface area (Å²) in [4.78, 5) is 7.86. The molecule has 2 spiro atoms. The Kier molecular flexibility index (Phi) is 9.86. The molecule has 7 nitrogen and oxygen atoms in total. The van der Waals surface area contributed by atoms with Crippen molar-refractivity contribution in [1.29, 1.82) is 0 Å². The summed E-state index contributed by atoms with van der Waals surface area (Å²) < 4.78 is 19.1. The molecule has 0 radical (unpaired) electrons. The standard InChI is InChI=1S/C34H53N3O4/c38-19-11-7-5-3-1-2-4-6-8-12-20-39-26-27-15-16-28-29(23-27)31-25-34(18-10-14-22-41-34)36-32-35-33(17-9-13-21-40-33)24-30(28)37(31)32/h15-16,23,30-31,38H,1-14,17-22,24-26H2,(H,35,36)/t30-,31+,33+,34-/m1/s1. The van der Waals surface area contributed by atoms with Crippen molar-refractivity contribution in [2.45, 2.75) is 146 Å². The topological polar surface area (TPSA) is 75.5 Å². The van der Waals surface area contributed by atoms with E-state index in [-0.39, 0.29) is 5.72 Å². The van der Waals surface area contributed by atoms with Gasteiger partial charge in [-0.1, -0.05) is 69.6 Å². The van der Waals surface area contributed by atoms with E-state index in [4.69, 9.17) is 24.3 Å². The highest BCUT2D eigenvalue weighted by atomic mass is 16.5. The molecule has 0 saturated carbocycles. The molecule has 5 aliphatic rings. The van der Waals surface area contributed by atoms with E-state index in [9.17, 15) is 0 Å². The molecule has 5 aliphatic heterocycles. The molecule has 2 N–H and O–H groups in total. The van der Waals surface area contributed by atoms with Crippen molar-refractivity contribution < 1.29 is 19.3 Å². The van der Waals surface area contributed by atoms with E-state index in [0.29, 0.717) is 25.3 Å². The Morgan fingerprint density at radius 2 is 1.54 bits per heavy atom. The summed E-state index contributed by atoms with van der Waals surface area (Å²) in [6, 6.07) is 7.69. The van der Waals surface area contributed by atoms with Crippen molar-refractivity contribution in [2.75, 3.05) is 26.4 Å². The summed E-state index contributed by atoms with van der Waals surface area (Å²) in [7, 11) is 0. The van der Waals surface area contributed by atoms with Crippen LogP contribution in [0, 0.1) is 0 Å². The van der Waals surface area contributed by atoms with E-state index in [1.165, 1.54) is 80.9 Å². The smallest absolute Gasteiger partial charge is 0.200 e. The fourth-order valence-electron chi connectivity index (χ4n) is 7.91. The molecule has 0 unspecified atom stereocenters. The summed E-state index contributed by atoms with van der Waals surface area (Å²) in [5, 5.41) is 12.7. The molecular formula is C34H53N3O4. The third kappa shape index (κ3) is 6.79. The third-order valence-electron chi connectivity index (χ3n) is 10.1. The number of aliphatic hydroxyl groups excluding tert-OH is 1. The Bertz CT molecular complexity index is 1020. The second-order valence-corrected chi connectivity index (χ2v) is 13.2. The normalized spacial score (nSPS) is 30.3. The number of guanidine groups is 1. The van der Waals surface area contributed by atoms with Crippen LogP contribution in [0.5, 0.6) is 0 Å². The van der Waals surface area contributed by atoms with Crippen LogP contribution >= 0.6 is 0 Å². The number of aliphatic hydroxyl groups is 1. The van der Waals surface area contributed by atoms with Gasteiger partial charge in [-0.2, -0.15) is 0 Å². The number of nitrogens with one attached hydrogen (secondary N) is 1. The first-order chi connectivity index (χ1) is 20.2. The van der Waals surface area contributed by atoms with Crippen LogP contribution in [0.1, 0.15) is 144 Å². The molecule has 41 heavy (non-hydrogen) atoms. The molecule has 5 heterocycles. The van der Waals surface area contributed by atoms with Gasteiger partial charge in [0.2, 0.25) is 0 Å². The summed E-state index contributed by atoms with van der Waals surface area (Å²) >= 11 is 0. The van der Waals surface area contributed by atoms with Gasteiger partial charge in [-0.15, -0.1) is 0 Å². The average Bonchev–Trinajstić information content (AvgIpc) is 3.28. The molecule has 0 aliphatic carbocycles. The molecule has 1 aromatic carbocycles. The van der Waals surface area contributed by atoms with Gasteiger partial charge >= 0.3 is 0 Å². The molecule has 1 aromatic rings. The SMILES string of the molecule is OCCCCCCCCCCCCOCc1ccc2c(c1)[C@@H]1C[C@]3(CCCCO3)N=C3N[C@]4(CCCCO4)C[C@H]2N31. The first-order valence-electron chi connectivity index (χ1n) is 17.0. The van der Waals surface area contributed by atoms with Crippen LogP contribution in [0.15, 0.2) is 23.2 Å². The van der Waals surface area contributed by atoms with Crippen LogP contribution in [-0.2, 0) is 20.8 Å². The van der Waals surface area contributed by atoms with Crippen LogP contribution in [-0.4, -0.2) is 53.8 Å². The Morgan fingerprint density at radius 1 is 0.829 bits per heavy atom. The Hall–Kier alpha value is -1.67. The largest absolute Gasteiger partial charge is 0.396 e. The minimum atomic E-state index is -0.409. The highest BCUT2D eigenvalue weighted by Crippen LogP contribution is 2.55. The van der Waals surface area contributed by atoms with E-state index in [0.717, 1.165) is 77.1 Å². The quantitative estimate of drug-likeness (QED) is 0.235. The van der Waals surface area contributed by atoms with Gasteiger partial charge in [0.05, 0.1) is 18.7 Å². The fraction of sp³-hybridized carbons (Fsp3) is 0.794. The number of hydrogen-bond acceptors (Lipinski definition) is 7. The van der Waals surface area contributed by atoms with Gasteiger partial charge in [-0.25, -0.2) is 4.99 Å². The van der Waals surface area contributed by atoms with Gasteiger partial charge in [0.1, 0.15) is 5.72 Å². The molecular weight excluding hydrogens is 514 g/mol. The molecule has 0 bridgehead atoms. The lowest BCUT2D eigenvalue weighted by molar-refractivity contribution is -0.133. The van der Waals surface area contributed by atoms with E-state index in [1.54, 1.807) is 0 Å². The first kappa shape index (κ1) is 29.4. The second kappa shape index (κ2) is 13.7. The van der Waals surface area contributed by atoms with E-state index < -0.39 is 5.72 Å². The zero-order valence-corrected chi connectivity index (χ0v) is 25.2. The average molecular weight is 568 g/mol. The Labute approximate surface area is 247 Å². The molecule has 3 saturated heterocycles. The summed E-state index contributed by atoms with van der Waals surface area (Å²) in [5.74, 6) is 0.997. The molecule has 4 atom stereocenters. The second-order valence-electron chi connectivity index (χ2n) is 13.2. The summed E-state index contributed by atoms with van der Waals surface area (Å²) in [6.07, 6.45) is 21.1. The maximum Gasteiger partial charge on any atom is 0.200 e. The summed E-state index contributed by atoms with van der Waals surface area (Å²) in [6.45, 7) is 3.50. The van der Waals surface area contributed by atoms with Crippen molar-refractivity contribution in [3.05, 3.63) is 34.9 Å². The van der Waals surface area contributed by atoms with Crippen LogP contribution in [0.3, 0.4) is 0 Å². The van der Waals surface area contributed by atoms with E-state index in [1.807, 2.05) is 0 Å². The fourth-order valence-corrected chi connectivity index (χ4v) is 7.91. The van der Waals surface area contributed by atoms with Crippen molar-refractivity contribution in [1.82, 2.24) is 10.2 Å². The number of nitrogens with zero attached hydrogens (tertiary/aromatic N) is 2. The van der Waals surface area contributed by atoms with Gasteiger partial charge in [-0.3, -0.25) is 0 Å². The third-order valence-corrected chi connectivity index (χ3v) is 10.1. The minimum Gasteiger partial charge on any atom is -0.396 e. The number of unbranched alkanes of at least 4 members (excludes halogenated alkanes) is 9. The van der Waals surface area contributed by atoms with Gasteiger partial charge in [-0.05, 0) is 68.1 Å². The van der Waals surface area contributed by atoms with Crippen LogP contribution in [0.2, 0.25) is 0 Å². The Morgan fingerprint density at radius 3 is 2.24 bits per heavy atom. The van der Waals surface area contributed by atoms with Gasteiger partial charge in [0.25, 0.3) is 0 Å². The zero-order valence-electron chi connectivity index (χ0n) is 25.2. The first-order valence-corrected chi connectivity index (χ1v) is 17.0. The highest BCUT2D eigenvalue weighted by Gasteiger charge is 2.56. The van der Waals surface area contributed by atoms with E-state index in [2.05, 4.69) is 28.4 Å². The highest BCUT2D eigenvalue weighted by molar-refractivity contribution is 5.85. The lowest BCUT2D eigenvalue weighted by Crippen LogP contribution is -2.65. The molecule has 7 heteroatoms. The number of benzene rings is 1. The van der Waals surface area contributed by atoms with Crippen LogP contribution in [0.25, 0.3) is 0 Å².